The van der Waals surface area contributed by atoms with E-state index in [-0.39, 0.29) is 0 Å². The van der Waals surface area contributed by atoms with Gasteiger partial charge in [-0.3, -0.25) is 0 Å². The highest BCUT2D eigenvalue weighted by atomic mass is 16.5. The smallest absolute Gasteiger partial charge is 0.135 e. The molecular weight excluding hydrogens is 544 g/mol. The fraction of sp³-hybridized carbons (Fsp3) is 0. The zero-order valence-electron chi connectivity index (χ0n) is 24.4. The first-order valence-electron chi connectivity index (χ1n) is 15.5. The second kappa shape index (κ2) is 9.29. The highest BCUT2D eigenvalue weighted by molar-refractivity contribution is 6.27. The van der Waals surface area contributed by atoms with Crippen LogP contribution < -0.4 is 4.74 Å². The van der Waals surface area contributed by atoms with Crippen LogP contribution in [0.1, 0.15) is 0 Å². The molecule has 0 saturated carbocycles. The van der Waals surface area contributed by atoms with Crippen molar-refractivity contribution >= 4 is 53.9 Å². The van der Waals surface area contributed by atoms with E-state index < -0.39 is 0 Å². The summed E-state index contributed by atoms with van der Waals surface area (Å²) < 4.78 is 6.46. The minimum Gasteiger partial charge on any atom is -0.456 e. The minimum atomic E-state index is 0.911. The molecule has 1 aliphatic heterocycles. The highest BCUT2D eigenvalue weighted by Crippen LogP contribution is 2.51. The molecular formula is C44H26O. The lowest BCUT2D eigenvalue weighted by Gasteiger charge is -2.24. The lowest BCUT2D eigenvalue weighted by molar-refractivity contribution is 0.487. The molecule has 10 rings (SSSR count). The molecule has 0 amide bonds. The van der Waals surface area contributed by atoms with Crippen LogP contribution >= 0.6 is 0 Å². The predicted molar refractivity (Wildman–Crippen MR) is 190 cm³/mol. The van der Waals surface area contributed by atoms with Crippen LogP contribution in [0.4, 0.5) is 0 Å². The van der Waals surface area contributed by atoms with Crippen molar-refractivity contribution in [1.29, 1.82) is 0 Å². The quantitative estimate of drug-likeness (QED) is 0.148. The van der Waals surface area contributed by atoms with Crippen LogP contribution in [0, 0.1) is 0 Å². The third-order valence-electron chi connectivity index (χ3n) is 9.66. The molecule has 9 aromatic rings. The highest BCUT2D eigenvalue weighted by Gasteiger charge is 2.24. The van der Waals surface area contributed by atoms with Crippen LogP contribution in [0.3, 0.4) is 0 Å². The first kappa shape index (κ1) is 24.5. The summed E-state index contributed by atoms with van der Waals surface area (Å²) in [5.74, 6) is 1.82. The van der Waals surface area contributed by atoms with Crippen molar-refractivity contribution in [2.45, 2.75) is 0 Å². The zero-order valence-corrected chi connectivity index (χ0v) is 24.4. The number of para-hydroxylation sites is 1. The fourth-order valence-corrected chi connectivity index (χ4v) is 7.77. The van der Waals surface area contributed by atoms with Gasteiger partial charge in [-0.05, 0) is 94.5 Å². The maximum absolute atomic E-state index is 6.46. The van der Waals surface area contributed by atoms with E-state index in [0.717, 1.165) is 17.1 Å². The molecule has 0 atom stereocenters. The van der Waals surface area contributed by atoms with Gasteiger partial charge in [-0.2, -0.15) is 0 Å². The van der Waals surface area contributed by atoms with Gasteiger partial charge in [-0.1, -0.05) is 140 Å². The summed E-state index contributed by atoms with van der Waals surface area (Å²) in [5, 5.41) is 12.5. The van der Waals surface area contributed by atoms with Crippen LogP contribution in [0.25, 0.3) is 87.2 Å². The minimum absolute atomic E-state index is 0.911. The normalized spacial score (nSPS) is 12.2. The molecule has 0 aliphatic carbocycles. The zero-order chi connectivity index (χ0) is 29.5. The van der Waals surface area contributed by atoms with Crippen LogP contribution in [0.2, 0.25) is 0 Å². The SMILES string of the molecule is c1ccc2c(c1)Oc1ccc(-c3c4ccccc4c(-c4cccc5c4ccc4ccccc45)c4ccccc34)c3cccc-2c13. The van der Waals surface area contributed by atoms with Gasteiger partial charge in [0.1, 0.15) is 11.5 Å². The molecule has 1 heterocycles. The van der Waals surface area contributed by atoms with E-state index >= 15 is 0 Å². The summed E-state index contributed by atoms with van der Waals surface area (Å²) in [6.45, 7) is 0. The van der Waals surface area contributed by atoms with Crippen LogP contribution in [0.5, 0.6) is 11.5 Å². The Labute approximate surface area is 260 Å². The van der Waals surface area contributed by atoms with Gasteiger partial charge < -0.3 is 4.74 Å². The molecule has 0 radical (unpaired) electrons. The summed E-state index contributed by atoms with van der Waals surface area (Å²) in [6, 6.07) is 57.3. The Kier molecular flexibility index (Phi) is 5.06. The topological polar surface area (TPSA) is 9.23 Å². The predicted octanol–water partition coefficient (Wildman–Crippen LogP) is 12.6. The summed E-state index contributed by atoms with van der Waals surface area (Å²) >= 11 is 0. The molecule has 0 unspecified atom stereocenters. The first-order valence-corrected chi connectivity index (χ1v) is 15.5. The molecule has 0 saturated heterocycles. The summed E-state index contributed by atoms with van der Waals surface area (Å²) in [5.41, 5.74) is 7.39. The van der Waals surface area contributed by atoms with Crippen LogP contribution in [-0.4, -0.2) is 0 Å². The number of fused-ring (bicyclic) bond motifs is 7. The van der Waals surface area contributed by atoms with Gasteiger partial charge in [0.2, 0.25) is 0 Å². The lowest BCUT2D eigenvalue weighted by atomic mass is 9.82. The molecule has 0 aromatic heterocycles. The van der Waals surface area contributed by atoms with Crippen LogP contribution in [0.15, 0.2) is 158 Å². The average Bonchev–Trinajstić information content (AvgIpc) is 3.11. The molecule has 1 heteroatoms. The molecule has 0 bridgehead atoms. The van der Waals surface area contributed by atoms with Gasteiger partial charge in [0.25, 0.3) is 0 Å². The van der Waals surface area contributed by atoms with E-state index in [1.165, 1.54) is 81.7 Å². The Hall–Kier alpha value is -5.92. The maximum atomic E-state index is 6.46. The average molecular weight is 571 g/mol. The first-order chi connectivity index (χ1) is 22.3. The van der Waals surface area contributed by atoms with Crippen molar-refractivity contribution in [3.63, 3.8) is 0 Å². The van der Waals surface area contributed by atoms with Gasteiger partial charge in [0.05, 0.1) is 0 Å². The Morgan fingerprint density at radius 2 is 0.800 bits per heavy atom. The van der Waals surface area contributed by atoms with E-state index in [4.69, 9.17) is 4.74 Å². The molecule has 9 aromatic carbocycles. The lowest BCUT2D eigenvalue weighted by Crippen LogP contribution is -1.98. The monoisotopic (exact) mass is 570 g/mol. The van der Waals surface area contributed by atoms with Crippen molar-refractivity contribution in [2.75, 3.05) is 0 Å². The van der Waals surface area contributed by atoms with Gasteiger partial charge in [0, 0.05) is 10.9 Å². The third kappa shape index (κ3) is 3.44. The maximum Gasteiger partial charge on any atom is 0.135 e. The molecule has 0 fully saturated rings. The molecule has 1 nitrogen and oxygen atoms in total. The Bertz CT molecular complexity index is 2620. The van der Waals surface area contributed by atoms with Gasteiger partial charge >= 0.3 is 0 Å². The molecule has 1 aliphatic rings. The van der Waals surface area contributed by atoms with E-state index in [0.29, 0.717) is 0 Å². The van der Waals surface area contributed by atoms with Crippen molar-refractivity contribution in [3.8, 4) is 44.9 Å². The molecule has 208 valence electrons. The van der Waals surface area contributed by atoms with Crippen molar-refractivity contribution in [3.05, 3.63) is 158 Å². The second-order valence-corrected chi connectivity index (χ2v) is 12.0. The van der Waals surface area contributed by atoms with Gasteiger partial charge in [-0.25, -0.2) is 0 Å². The van der Waals surface area contributed by atoms with E-state index in [1.54, 1.807) is 0 Å². The van der Waals surface area contributed by atoms with Gasteiger partial charge in [-0.15, -0.1) is 0 Å². The van der Waals surface area contributed by atoms with E-state index in [2.05, 4.69) is 152 Å². The number of rotatable bonds is 2. The van der Waals surface area contributed by atoms with Crippen molar-refractivity contribution < 1.29 is 4.74 Å². The number of hydrogen-bond donors (Lipinski definition) is 0. The number of ether oxygens (including phenoxy) is 1. The second-order valence-electron chi connectivity index (χ2n) is 12.0. The van der Waals surface area contributed by atoms with Gasteiger partial charge in [0.15, 0.2) is 0 Å². The summed E-state index contributed by atoms with van der Waals surface area (Å²) in [7, 11) is 0. The molecule has 45 heavy (non-hydrogen) atoms. The number of hydrogen-bond acceptors (Lipinski definition) is 1. The largest absolute Gasteiger partial charge is 0.456 e. The third-order valence-corrected chi connectivity index (χ3v) is 9.66. The fourth-order valence-electron chi connectivity index (χ4n) is 7.77. The van der Waals surface area contributed by atoms with E-state index in [1.807, 2.05) is 6.07 Å². The van der Waals surface area contributed by atoms with Crippen molar-refractivity contribution in [1.82, 2.24) is 0 Å². The van der Waals surface area contributed by atoms with Crippen LogP contribution in [-0.2, 0) is 0 Å². The summed E-state index contributed by atoms with van der Waals surface area (Å²) in [4.78, 5) is 0. The Balaban J connectivity index is 1.33. The molecule has 0 N–H and O–H groups in total. The standard InChI is InChI=1S/C44H26O/c1-2-12-28-27(11-1)23-24-30-29(28)18-9-19-32(30)42-34-14-3-5-16-36(34)43(37-17-6-4-15-35(37)42)39-25-26-41-44-33(20-10-21-38(39)44)31-13-7-8-22-40(31)45-41/h1-26H. The van der Waals surface area contributed by atoms with E-state index in [9.17, 15) is 0 Å². The number of benzene rings is 9. The Morgan fingerprint density at radius 1 is 0.267 bits per heavy atom. The Morgan fingerprint density at radius 3 is 1.53 bits per heavy atom. The summed E-state index contributed by atoms with van der Waals surface area (Å²) in [6.07, 6.45) is 0. The molecule has 0 spiro atoms. The van der Waals surface area contributed by atoms with Crippen molar-refractivity contribution in [2.24, 2.45) is 0 Å².